The van der Waals surface area contributed by atoms with Crippen LogP contribution in [0.1, 0.15) is 24.8 Å². The molecule has 1 aromatic rings. The van der Waals surface area contributed by atoms with Gasteiger partial charge in [0.2, 0.25) is 0 Å². The standard InChI is InChI=1S/C14H21FN2S/c15-13-3-1-11(2-4-13)9-14(17-16)10-12-5-7-18-8-6-12/h1-4,12,14,17H,5-10,16H2. The lowest BCUT2D eigenvalue weighted by Crippen LogP contribution is -2.38. The van der Waals surface area contributed by atoms with Crippen molar-refractivity contribution in [3.05, 3.63) is 35.6 Å². The lowest BCUT2D eigenvalue weighted by molar-refractivity contribution is 0.365. The van der Waals surface area contributed by atoms with Crippen molar-refractivity contribution in [3.63, 3.8) is 0 Å². The zero-order valence-corrected chi connectivity index (χ0v) is 11.4. The number of nitrogens with two attached hydrogens (primary N) is 1. The van der Waals surface area contributed by atoms with E-state index < -0.39 is 0 Å². The van der Waals surface area contributed by atoms with Gasteiger partial charge in [-0.05, 0) is 60.8 Å². The van der Waals surface area contributed by atoms with Crippen LogP contribution >= 0.6 is 11.8 Å². The van der Waals surface area contributed by atoms with Crippen LogP contribution < -0.4 is 11.3 Å². The number of hydrogen-bond donors (Lipinski definition) is 2. The second-order valence-electron chi connectivity index (χ2n) is 4.99. The Balaban J connectivity index is 1.86. The molecule has 2 rings (SSSR count). The Bertz CT molecular complexity index is 349. The molecule has 0 saturated carbocycles. The highest BCUT2D eigenvalue weighted by Gasteiger charge is 2.18. The first kappa shape index (κ1) is 13.8. The van der Waals surface area contributed by atoms with Gasteiger partial charge >= 0.3 is 0 Å². The van der Waals surface area contributed by atoms with Gasteiger partial charge in [-0.2, -0.15) is 11.8 Å². The summed E-state index contributed by atoms with van der Waals surface area (Å²) in [5.41, 5.74) is 4.05. The smallest absolute Gasteiger partial charge is 0.123 e. The number of nitrogens with one attached hydrogen (secondary N) is 1. The van der Waals surface area contributed by atoms with Gasteiger partial charge in [0.05, 0.1) is 0 Å². The van der Waals surface area contributed by atoms with Gasteiger partial charge in [-0.3, -0.25) is 11.3 Å². The molecule has 1 heterocycles. The monoisotopic (exact) mass is 268 g/mol. The van der Waals surface area contributed by atoms with E-state index in [0.29, 0.717) is 6.04 Å². The molecule has 3 N–H and O–H groups in total. The van der Waals surface area contributed by atoms with Crippen LogP contribution in [0.5, 0.6) is 0 Å². The fraction of sp³-hybridized carbons (Fsp3) is 0.571. The summed E-state index contributed by atoms with van der Waals surface area (Å²) in [7, 11) is 0. The lowest BCUT2D eigenvalue weighted by Gasteiger charge is -2.26. The molecule has 0 aliphatic carbocycles. The van der Waals surface area contributed by atoms with E-state index >= 15 is 0 Å². The second-order valence-corrected chi connectivity index (χ2v) is 6.21. The molecule has 1 fully saturated rings. The summed E-state index contributed by atoms with van der Waals surface area (Å²) in [4.78, 5) is 0. The number of halogens is 1. The van der Waals surface area contributed by atoms with Crippen molar-refractivity contribution >= 4 is 11.8 Å². The first-order chi connectivity index (χ1) is 8.78. The minimum absolute atomic E-state index is 0.180. The Kier molecular flexibility index (Phi) is 5.47. The molecule has 1 unspecified atom stereocenters. The van der Waals surface area contributed by atoms with E-state index in [0.717, 1.165) is 24.3 Å². The molecular formula is C14H21FN2S. The SMILES string of the molecule is NNC(Cc1ccc(F)cc1)CC1CCSCC1. The topological polar surface area (TPSA) is 38.0 Å². The molecule has 18 heavy (non-hydrogen) atoms. The van der Waals surface area contributed by atoms with Crippen molar-refractivity contribution in [1.29, 1.82) is 0 Å². The molecule has 1 aliphatic rings. The Morgan fingerprint density at radius 2 is 1.94 bits per heavy atom. The number of hydrogen-bond acceptors (Lipinski definition) is 3. The average molecular weight is 268 g/mol. The summed E-state index contributed by atoms with van der Waals surface area (Å²) in [6, 6.07) is 7.01. The van der Waals surface area contributed by atoms with Crippen LogP contribution in [0.4, 0.5) is 4.39 Å². The summed E-state index contributed by atoms with van der Waals surface area (Å²) in [5, 5.41) is 0. The molecule has 0 bridgehead atoms. The molecule has 0 aromatic heterocycles. The maximum Gasteiger partial charge on any atom is 0.123 e. The third-order valence-electron chi connectivity index (χ3n) is 3.59. The third kappa shape index (κ3) is 4.26. The van der Waals surface area contributed by atoms with E-state index in [1.54, 1.807) is 0 Å². The van der Waals surface area contributed by atoms with Crippen molar-refractivity contribution in [1.82, 2.24) is 5.43 Å². The summed E-state index contributed by atoms with van der Waals surface area (Å²) in [6.45, 7) is 0. The number of rotatable bonds is 5. The fourth-order valence-electron chi connectivity index (χ4n) is 2.50. The van der Waals surface area contributed by atoms with Crippen molar-refractivity contribution in [2.75, 3.05) is 11.5 Å². The van der Waals surface area contributed by atoms with Crippen LogP contribution in [-0.4, -0.2) is 17.5 Å². The van der Waals surface area contributed by atoms with Crippen LogP contribution in [0.15, 0.2) is 24.3 Å². The van der Waals surface area contributed by atoms with Gasteiger partial charge in [-0.25, -0.2) is 4.39 Å². The van der Waals surface area contributed by atoms with E-state index in [-0.39, 0.29) is 5.82 Å². The highest BCUT2D eigenvalue weighted by Crippen LogP contribution is 2.26. The van der Waals surface area contributed by atoms with Crippen molar-refractivity contribution in [2.45, 2.75) is 31.7 Å². The summed E-state index contributed by atoms with van der Waals surface area (Å²) in [5.74, 6) is 8.80. The normalized spacial score (nSPS) is 18.8. The predicted octanol–water partition coefficient (Wildman–Crippen LogP) is 2.73. The van der Waals surface area contributed by atoms with E-state index in [1.165, 1.54) is 36.5 Å². The second kappa shape index (κ2) is 7.12. The predicted molar refractivity (Wildman–Crippen MR) is 75.9 cm³/mol. The maximum atomic E-state index is 12.8. The Morgan fingerprint density at radius 1 is 1.28 bits per heavy atom. The number of hydrazine groups is 1. The van der Waals surface area contributed by atoms with Crippen LogP contribution in [0.3, 0.4) is 0 Å². The molecule has 100 valence electrons. The quantitative estimate of drug-likeness (QED) is 0.637. The largest absolute Gasteiger partial charge is 0.271 e. The van der Waals surface area contributed by atoms with Crippen LogP contribution in [0, 0.1) is 11.7 Å². The minimum atomic E-state index is -0.180. The van der Waals surface area contributed by atoms with E-state index in [4.69, 9.17) is 5.84 Å². The molecular weight excluding hydrogens is 247 g/mol. The maximum absolute atomic E-state index is 12.8. The highest BCUT2D eigenvalue weighted by atomic mass is 32.2. The average Bonchev–Trinajstić information content (AvgIpc) is 2.41. The summed E-state index contributed by atoms with van der Waals surface area (Å²) >= 11 is 2.05. The lowest BCUT2D eigenvalue weighted by atomic mass is 9.91. The molecule has 1 aliphatic heterocycles. The van der Waals surface area contributed by atoms with Crippen molar-refractivity contribution < 1.29 is 4.39 Å². The molecule has 0 spiro atoms. The molecule has 1 saturated heterocycles. The first-order valence-electron chi connectivity index (χ1n) is 6.56. The van der Waals surface area contributed by atoms with Gasteiger partial charge in [-0.1, -0.05) is 12.1 Å². The molecule has 0 radical (unpaired) electrons. The van der Waals surface area contributed by atoms with E-state index in [1.807, 2.05) is 23.9 Å². The minimum Gasteiger partial charge on any atom is -0.271 e. The van der Waals surface area contributed by atoms with Crippen LogP contribution in [-0.2, 0) is 6.42 Å². The van der Waals surface area contributed by atoms with Gasteiger partial charge in [0, 0.05) is 6.04 Å². The molecule has 0 amide bonds. The van der Waals surface area contributed by atoms with Crippen LogP contribution in [0.25, 0.3) is 0 Å². The van der Waals surface area contributed by atoms with Gasteiger partial charge in [-0.15, -0.1) is 0 Å². The zero-order chi connectivity index (χ0) is 12.8. The Labute approximate surface area is 112 Å². The van der Waals surface area contributed by atoms with Gasteiger partial charge in [0.1, 0.15) is 5.82 Å². The third-order valence-corrected chi connectivity index (χ3v) is 4.64. The van der Waals surface area contributed by atoms with Gasteiger partial charge in [0.15, 0.2) is 0 Å². The Morgan fingerprint density at radius 3 is 2.56 bits per heavy atom. The zero-order valence-electron chi connectivity index (χ0n) is 10.6. The van der Waals surface area contributed by atoms with Gasteiger partial charge < -0.3 is 0 Å². The van der Waals surface area contributed by atoms with Gasteiger partial charge in [0.25, 0.3) is 0 Å². The van der Waals surface area contributed by atoms with E-state index in [2.05, 4.69) is 5.43 Å². The summed E-state index contributed by atoms with van der Waals surface area (Å²) in [6.07, 6.45) is 4.59. The highest BCUT2D eigenvalue weighted by molar-refractivity contribution is 7.99. The molecule has 1 atom stereocenters. The summed E-state index contributed by atoms with van der Waals surface area (Å²) < 4.78 is 12.8. The fourth-order valence-corrected chi connectivity index (χ4v) is 3.70. The van der Waals surface area contributed by atoms with Crippen molar-refractivity contribution in [3.8, 4) is 0 Å². The first-order valence-corrected chi connectivity index (χ1v) is 7.71. The Hall–Kier alpha value is -0.580. The molecule has 1 aromatic carbocycles. The number of benzene rings is 1. The van der Waals surface area contributed by atoms with E-state index in [9.17, 15) is 4.39 Å². The van der Waals surface area contributed by atoms with Crippen LogP contribution in [0.2, 0.25) is 0 Å². The number of thioether (sulfide) groups is 1. The molecule has 2 nitrogen and oxygen atoms in total. The van der Waals surface area contributed by atoms with Crippen molar-refractivity contribution in [2.24, 2.45) is 11.8 Å². The molecule has 4 heteroatoms.